The van der Waals surface area contributed by atoms with E-state index in [1.165, 1.54) is 0 Å². The van der Waals surface area contributed by atoms with E-state index in [-0.39, 0.29) is 52.3 Å². The van der Waals surface area contributed by atoms with Crippen molar-refractivity contribution in [2.45, 2.75) is 85.4 Å². The van der Waals surface area contributed by atoms with Crippen LogP contribution in [0, 0.1) is 45.8 Å². The van der Waals surface area contributed by atoms with E-state index < -0.39 is 17.6 Å². The fourth-order valence-corrected chi connectivity index (χ4v) is 9.56. The minimum absolute atomic E-state index is 0.0213. The number of nitrogens with zero attached hydrogens (tertiary/aromatic N) is 1. The van der Waals surface area contributed by atoms with Gasteiger partial charge in [0.25, 0.3) is 0 Å². The number of fused-ring (bicyclic) bond motifs is 2. The molecule has 3 saturated carbocycles. The number of carbonyl (C=O) groups is 3. The van der Waals surface area contributed by atoms with E-state index in [9.17, 15) is 14.4 Å². The van der Waals surface area contributed by atoms with Gasteiger partial charge in [-0.25, -0.2) is 4.79 Å². The second-order valence-corrected chi connectivity index (χ2v) is 13.3. The second-order valence-electron chi connectivity index (χ2n) is 13.3. The SMILES string of the molecule is CC=C[C@]1(C)C[C@@H](OC(=O)NC(=O)[C@@H]2CN3CC[C@@H]2C3)[C@@]2(C)C3C(OC)CCC3(CC[C@H]2C)[C@@H](C)C1=O. The number of carbonyl (C=O) groups excluding carboxylic acids is 3. The maximum absolute atomic E-state index is 14.2. The van der Waals surface area contributed by atoms with Gasteiger partial charge in [0.1, 0.15) is 11.9 Å². The summed E-state index contributed by atoms with van der Waals surface area (Å²) < 4.78 is 12.4. The minimum atomic E-state index is -0.748. The second kappa shape index (κ2) is 9.48. The normalized spacial score (nSPS) is 49.0. The highest BCUT2D eigenvalue weighted by atomic mass is 16.6. The van der Waals surface area contributed by atoms with E-state index in [0.717, 1.165) is 45.2 Å². The lowest BCUT2D eigenvalue weighted by atomic mass is 9.44. The number of nitrogens with one attached hydrogen (secondary N) is 1. The third-order valence-electron chi connectivity index (χ3n) is 11.8. The van der Waals surface area contributed by atoms with Gasteiger partial charge in [0.15, 0.2) is 0 Å². The Bertz CT molecular complexity index is 981. The van der Waals surface area contributed by atoms with Gasteiger partial charge in [0.2, 0.25) is 5.91 Å². The summed E-state index contributed by atoms with van der Waals surface area (Å²) in [5, 5.41) is 2.60. The van der Waals surface area contributed by atoms with Crippen LogP contribution in [0.2, 0.25) is 0 Å². The Balaban J connectivity index is 1.49. The molecule has 2 amide bonds. The Morgan fingerprint density at radius 1 is 1.11 bits per heavy atom. The monoisotopic (exact) mass is 514 g/mol. The lowest BCUT2D eigenvalue weighted by molar-refractivity contribution is -0.189. The molecule has 0 aromatic heterocycles. The first kappa shape index (κ1) is 26.9. The molecular formula is C30H46N2O5. The number of allylic oxidation sites excluding steroid dienone is 2. The average Bonchev–Trinajstić information content (AvgIpc) is 3.59. The molecule has 7 nitrogen and oxygen atoms in total. The summed E-state index contributed by atoms with van der Waals surface area (Å²) in [5.41, 5.74) is -1.30. The lowest BCUT2D eigenvalue weighted by Gasteiger charge is -2.61. The summed E-state index contributed by atoms with van der Waals surface area (Å²) in [7, 11) is 1.77. The standard InChI is InChI=1S/C30H46N2O5/c1-7-11-28(4)15-23(37-27(35)31-26(34)21-17-32-14-10-20(21)16-32)29(5)18(2)8-12-30(19(3)25(28)33)13-9-22(36-6)24(29)30/h7,11,18-24H,8-10,12-17H2,1-6H3,(H,31,34,35)/t18-,19+,20-,21-,22?,23-,24?,28-,29+,30?/m1/s1. The Labute approximate surface area is 222 Å². The predicted octanol–water partition coefficient (Wildman–Crippen LogP) is 4.60. The summed E-state index contributed by atoms with van der Waals surface area (Å²) in [6, 6.07) is 0. The van der Waals surface area contributed by atoms with Gasteiger partial charge >= 0.3 is 6.09 Å². The van der Waals surface area contributed by atoms with Gasteiger partial charge in [-0.05, 0) is 69.7 Å². The topological polar surface area (TPSA) is 84.9 Å². The molecule has 2 heterocycles. The van der Waals surface area contributed by atoms with Crippen molar-refractivity contribution in [3.63, 3.8) is 0 Å². The third-order valence-corrected chi connectivity index (χ3v) is 11.8. The van der Waals surface area contributed by atoms with E-state index in [1.807, 2.05) is 26.0 Å². The molecule has 5 aliphatic rings. The van der Waals surface area contributed by atoms with Crippen LogP contribution in [0.1, 0.15) is 73.1 Å². The lowest BCUT2D eigenvalue weighted by Crippen LogP contribution is -2.63. The molecule has 11 atom stereocenters. The number of hydrogen-bond acceptors (Lipinski definition) is 6. The highest BCUT2D eigenvalue weighted by Crippen LogP contribution is 2.68. The fraction of sp³-hybridized carbons (Fsp3) is 0.833. The quantitative estimate of drug-likeness (QED) is 0.552. The molecule has 37 heavy (non-hydrogen) atoms. The van der Waals surface area contributed by atoms with Crippen LogP contribution in [0.25, 0.3) is 0 Å². The summed E-state index contributed by atoms with van der Waals surface area (Å²) >= 11 is 0. The summed E-state index contributed by atoms with van der Waals surface area (Å²) in [6.45, 7) is 13.3. The predicted molar refractivity (Wildman–Crippen MR) is 141 cm³/mol. The van der Waals surface area contributed by atoms with Gasteiger partial charge in [-0.15, -0.1) is 0 Å². The maximum Gasteiger partial charge on any atom is 0.414 e. The zero-order chi connectivity index (χ0) is 26.8. The maximum atomic E-state index is 14.2. The van der Waals surface area contributed by atoms with Crippen LogP contribution in [0.5, 0.6) is 0 Å². The average molecular weight is 515 g/mol. The molecule has 0 spiro atoms. The van der Waals surface area contributed by atoms with Gasteiger partial charge in [0, 0.05) is 49.3 Å². The molecule has 206 valence electrons. The van der Waals surface area contributed by atoms with E-state index in [4.69, 9.17) is 9.47 Å². The molecular weight excluding hydrogens is 468 g/mol. The highest BCUT2D eigenvalue weighted by Gasteiger charge is 2.68. The minimum Gasteiger partial charge on any atom is -0.445 e. The van der Waals surface area contributed by atoms with Crippen molar-refractivity contribution >= 4 is 17.8 Å². The van der Waals surface area contributed by atoms with E-state index in [2.05, 4.69) is 31.0 Å². The highest BCUT2D eigenvalue weighted by molar-refractivity contribution is 5.94. The summed E-state index contributed by atoms with van der Waals surface area (Å²) in [5.74, 6) is 0.455. The van der Waals surface area contributed by atoms with Crippen LogP contribution in [-0.2, 0) is 19.1 Å². The Hall–Kier alpha value is -1.73. The van der Waals surface area contributed by atoms with Crippen molar-refractivity contribution < 1.29 is 23.9 Å². The zero-order valence-corrected chi connectivity index (χ0v) is 23.5. The van der Waals surface area contributed by atoms with Crippen LogP contribution in [0.4, 0.5) is 4.79 Å². The molecule has 3 aliphatic carbocycles. The number of ketones is 1. The largest absolute Gasteiger partial charge is 0.445 e. The van der Waals surface area contributed by atoms with Crippen molar-refractivity contribution in [1.82, 2.24) is 10.2 Å². The number of methoxy groups -OCH3 is 1. The van der Waals surface area contributed by atoms with E-state index >= 15 is 0 Å². The van der Waals surface area contributed by atoms with Crippen LogP contribution < -0.4 is 5.32 Å². The number of imide groups is 1. The molecule has 5 rings (SSSR count). The number of amides is 2. The number of hydrogen-bond donors (Lipinski definition) is 1. The first-order valence-corrected chi connectivity index (χ1v) is 14.4. The first-order valence-electron chi connectivity index (χ1n) is 14.4. The molecule has 4 bridgehead atoms. The van der Waals surface area contributed by atoms with Gasteiger partial charge in [-0.2, -0.15) is 0 Å². The number of piperidine rings is 1. The molecule has 5 fully saturated rings. The summed E-state index contributed by atoms with van der Waals surface area (Å²) in [6.07, 6.45) is 8.04. The molecule has 1 N–H and O–H groups in total. The number of rotatable bonds is 4. The van der Waals surface area contributed by atoms with E-state index in [1.54, 1.807) is 7.11 Å². The fourth-order valence-electron chi connectivity index (χ4n) is 9.56. The Kier molecular flexibility index (Phi) is 6.88. The van der Waals surface area contributed by atoms with Crippen molar-refractivity contribution in [1.29, 1.82) is 0 Å². The molecule has 2 aliphatic heterocycles. The van der Waals surface area contributed by atoms with Crippen molar-refractivity contribution in [3.05, 3.63) is 12.2 Å². The van der Waals surface area contributed by atoms with E-state index in [0.29, 0.717) is 18.9 Å². The van der Waals surface area contributed by atoms with Gasteiger partial charge in [-0.3, -0.25) is 14.9 Å². The van der Waals surface area contributed by atoms with Crippen LogP contribution in [-0.4, -0.2) is 61.6 Å². The van der Waals surface area contributed by atoms with Gasteiger partial charge in [-0.1, -0.05) is 32.9 Å². The van der Waals surface area contributed by atoms with Gasteiger partial charge < -0.3 is 14.4 Å². The first-order chi connectivity index (χ1) is 17.5. The number of alkyl carbamates (subject to hydrolysis) is 1. The molecule has 4 unspecified atom stereocenters. The summed E-state index contributed by atoms with van der Waals surface area (Å²) in [4.78, 5) is 42.9. The van der Waals surface area contributed by atoms with Crippen molar-refractivity contribution in [2.24, 2.45) is 45.8 Å². The van der Waals surface area contributed by atoms with Crippen LogP contribution in [0.3, 0.4) is 0 Å². The van der Waals surface area contributed by atoms with Crippen molar-refractivity contribution in [2.75, 3.05) is 26.7 Å². The zero-order valence-electron chi connectivity index (χ0n) is 23.5. The molecule has 7 heteroatoms. The third kappa shape index (κ3) is 4.02. The molecule has 2 saturated heterocycles. The Morgan fingerprint density at radius 3 is 2.46 bits per heavy atom. The molecule has 0 aromatic rings. The molecule has 0 radical (unpaired) electrons. The smallest absolute Gasteiger partial charge is 0.414 e. The van der Waals surface area contributed by atoms with Crippen LogP contribution in [0.15, 0.2) is 12.2 Å². The Morgan fingerprint density at radius 2 is 1.84 bits per heavy atom. The van der Waals surface area contributed by atoms with Crippen molar-refractivity contribution in [3.8, 4) is 0 Å². The number of Topliss-reactive ketones (excluding diaryl/α,β-unsaturated/α-hetero) is 1. The van der Waals surface area contributed by atoms with Gasteiger partial charge in [0.05, 0.1) is 12.0 Å². The van der Waals surface area contributed by atoms with Crippen LogP contribution >= 0.6 is 0 Å². The molecule has 0 aromatic carbocycles. The number of ether oxygens (including phenoxy) is 2.